The van der Waals surface area contributed by atoms with Crippen LogP contribution in [0.5, 0.6) is 5.75 Å². The number of anilines is 1. The number of hydrogen-bond acceptors (Lipinski definition) is 4. The monoisotopic (exact) mass is 316 g/mol. The summed E-state index contributed by atoms with van der Waals surface area (Å²) in [6, 6.07) is 3.37. The summed E-state index contributed by atoms with van der Waals surface area (Å²) in [5.74, 6) is -1.44. The number of rotatable bonds is 4. The number of halogens is 1. The number of carboxylic acids is 1. The molecule has 0 bridgehead atoms. The fourth-order valence-electron chi connectivity index (χ4n) is 1.31. The maximum Gasteiger partial charge on any atom is 0.330 e. The van der Waals surface area contributed by atoms with Crippen LogP contribution in [0.1, 0.15) is 0 Å². The van der Waals surface area contributed by atoms with Crippen LogP contribution in [0, 0.1) is 0 Å². The van der Waals surface area contributed by atoms with Crippen molar-refractivity contribution in [3.63, 3.8) is 0 Å². The Morgan fingerprint density at radius 3 is 2.56 bits per heavy atom. The number of aliphatic carboxylic acids is 1. The Hall–Kier alpha value is -1.60. The third-order valence-electron chi connectivity index (χ3n) is 2.39. The van der Waals surface area contributed by atoms with Crippen LogP contribution in [0.4, 0.5) is 5.69 Å². The van der Waals surface area contributed by atoms with Gasteiger partial charge in [-0.1, -0.05) is 0 Å². The fraction of sp³-hybridized carbons (Fsp3) is 0.273. The summed E-state index contributed by atoms with van der Waals surface area (Å²) in [7, 11) is 2.98. The van der Waals surface area contributed by atoms with Gasteiger partial charge in [-0.3, -0.25) is 4.79 Å². The number of carboxylic acid groups (broad SMARTS) is 1. The van der Waals surface area contributed by atoms with Gasteiger partial charge in [0.05, 0.1) is 11.6 Å². The lowest BCUT2D eigenvalue weighted by molar-refractivity contribution is -0.142. The number of benzene rings is 1. The molecule has 0 saturated heterocycles. The van der Waals surface area contributed by atoms with Gasteiger partial charge < -0.3 is 20.5 Å². The molecule has 0 aliphatic heterocycles. The first-order valence-electron chi connectivity index (χ1n) is 4.98. The predicted molar refractivity (Wildman–Crippen MR) is 69.7 cm³/mol. The third-order valence-corrected chi connectivity index (χ3v) is 3.01. The van der Waals surface area contributed by atoms with Gasteiger partial charge in [0.1, 0.15) is 5.75 Å². The molecular formula is C11H13BrN2O4. The summed E-state index contributed by atoms with van der Waals surface area (Å²) in [5.41, 5.74) is 5.78. The van der Waals surface area contributed by atoms with Crippen molar-refractivity contribution in [3.05, 3.63) is 22.7 Å². The molecule has 1 unspecified atom stereocenters. The third kappa shape index (κ3) is 2.99. The zero-order valence-electron chi connectivity index (χ0n) is 9.88. The molecule has 0 aromatic heterocycles. The number of nitrogens with two attached hydrogens (primary N) is 1. The average Bonchev–Trinajstić information content (AvgIpc) is 2.35. The maximum atomic E-state index is 11.7. The number of ether oxygens (including phenoxy) is 1. The molecule has 0 aliphatic rings. The molecule has 6 nitrogen and oxygen atoms in total. The van der Waals surface area contributed by atoms with Crippen LogP contribution in [0.25, 0.3) is 0 Å². The van der Waals surface area contributed by atoms with Gasteiger partial charge in [-0.25, -0.2) is 4.79 Å². The summed E-state index contributed by atoms with van der Waals surface area (Å²) in [5, 5.41) is 8.68. The van der Waals surface area contributed by atoms with E-state index in [4.69, 9.17) is 15.6 Å². The Bertz CT molecular complexity index is 478. The first-order valence-corrected chi connectivity index (χ1v) is 5.77. The second-order valence-electron chi connectivity index (χ2n) is 3.53. The molecule has 0 saturated carbocycles. The van der Waals surface area contributed by atoms with Crippen LogP contribution in [-0.4, -0.2) is 37.2 Å². The zero-order chi connectivity index (χ0) is 13.9. The molecule has 1 atom stereocenters. The van der Waals surface area contributed by atoms with E-state index in [0.717, 1.165) is 0 Å². The van der Waals surface area contributed by atoms with Gasteiger partial charge in [-0.2, -0.15) is 0 Å². The van der Waals surface area contributed by atoms with Crippen molar-refractivity contribution in [1.29, 1.82) is 0 Å². The van der Waals surface area contributed by atoms with Gasteiger partial charge in [0.15, 0.2) is 6.04 Å². The standard InChI is InChI=1S/C11H13BrN2O4/c1-14(10(15)9(13)11(16)17)6-3-4-8(18-2)7(12)5-6/h3-5,9H,13H2,1-2H3,(H,16,17). The highest BCUT2D eigenvalue weighted by Gasteiger charge is 2.25. The van der Waals surface area contributed by atoms with Crippen molar-refractivity contribution in [1.82, 2.24) is 0 Å². The summed E-state index contributed by atoms with van der Waals surface area (Å²) in [6.45, 7) is 0. The molecule has 7 heteroatoms. The second-order valence-corrected chi connectivity index (χ2v) is 4.39. The first kappa shape index (κ1) is 14.5. The first-order chi connectivity index (χ1) is 8.38. The Morgan fingerprint density at radius 2 is 2.11 bits per heavy atom. The Morgan fingerprint density at radius 1 is 1.50 bits per heavy atom. The van der Waals surface area contributed by atoms with Crippen LogP contribution < -0.4 is 15.4 Å². The molecular weight excluding hydrogens is 304 g/mol. The smallest absolute Gasteiger partial charge is 0.330 e. The molecule has 0 radical (unpaired) electrons. The molecule has 0 spiro atoms. The minimum Gasteiger partial charge on any atom is -0.496 e. The summed E-state index contributed by atoms with van der Waals surface area (Å²) in [6.07, 6.45) is 0. The minimum absolute atomic E-state index is 0.518. The normalized spacial score (nSPS) is 11.8. The molecule has 3 N–H and O–H groups in total. The Kier molecular flexibility index (Phi) is 4.69. The quantitative estimate of drug-likeness (QED) is 0.803. The van der Waals surface area contributed by atoms with Gasteiger partial charge in [0, 0.05) is 12.7 Å². The van der Waals surface area contributed by atoms with Gasteiger partial charge in [-0.15, -0.1) is 0 Å². The number of carbonyl (C=O) groups is 2. The van der Waals surface area contributed by atoms with Crippen molar-refractivity contribution in [2.75, 3.05) is 19.1 Å². The van der Waals surface area contributed by atoms with E-state index in [0.29, 0.717) is 15.9 Å². The van der Waals surface area contributed by atoms with Crippen molar-refractivity contribution in [3.8, 4) is 5.75 Å². The van der Waals surface area contributed by atoms with Crippen LogP contribution in [0.3, 0.4) is 0 Å². The molecule has 0 fully saturated rings. The SMILES string of the molecule is COc1ccc(N(C)C(=O)C(N)C(=O)O)cc1Br. The van der Waals surface area contributed by atoms with Crippen molar-refractivity contribution >= 4 is 33.5 Å². The van der Waals surface area contributed by atoms with E-state index in [-0.39, 0.29) is 0 Å². The molecule has 1 aromatic carbocycles. The molecule has 1 amide bonds. The lowest BCUT2D eigenvalue weighted by Crippen LogP contribution is -2.46. The van der Waals surface area contributed by atoms with E-state index in [9.17, 15) is 9.59 Å². The fourth-order valence-corrected chi connectivity index (χ4v) is 1.83. The minimum atomic E-state index is -1.57. The van der Waals surface area contributed by atoms with Gasteiger partial charge in [0.2, 0.25) is 0 Å². The van der Waals surface area contributed by atoms with Crippen LogP contribution in [0.2, 0.25) is 0 Å². The van der Waals surface area contributed by atoms with Gasteiger partial charge >= 0.3 is 5.97 Å². The number of nitrogens with zero attached hydrogens (tertiary/aromatic N) is 1. The number of amides is 1. The van der Waals surface area contributed by atoms with E-state index in [2.05, 4.69) is 15.9 Å². The van der Waals surface area contributed by atoms with Crippen LogP contribution in [0.15, 0.2) is 22.7 Å². The highest BCUT2D eigenvalue weighted by molar-refractivity contribution is 9.10. The molecule has 0 aliphatic carbocycles. The summed E-state index contributed by atoms with van der Waals surface area (Å²) >= 11 is 3.28. The number of likely N-dealkylation sites (N-methyl/N-ethyl adjacent to an activating group) is 1. The number of carbonyl (C=O) groups excluding carboxylic acids is 1. The molecule has 1 rings (SSSR count). The molecule has 18 heavy (non-hydrogen) atoms. The topological polar surface area (TPSA) is 92.9 Å². The van der Waals surface area contributed by atoms with Crippen LogP contribution in [-0.2, 0) is 9.59 Å². The maximum absolute atomic E-state index is 11.7. The number of hydrogen-bond donors (Lipinski definition) is 2. The Labute approximate surface area is 112 Å². The van der Waals surface area contributed by atoms with E-state index in [1.807, 2.05) is 0 Å². The van der Waals surface area contributed by atoms with E-state index >= 15 is 0 Å². The molecule has 98 valence electrons. The van der Waals surface area contributed by atoms with Crippen LogP contribution >= 0.6 is 15.9 Å². The van der Waals surface area contributed by atoms with Crippen molar-refractivity contribution < 1.29 is 19.4 Å². The summed E-state index contributed by atoms with van der Waals surface area (Å²) < 4.78 is 5.72. The van der Waals surface area contributed by atoms with E-state index < -0.39 is 17.9 Å². The predicted octanol–water partition coefficient (Wildman–Crippen LogP) is 0.832. The highest BCUT2D eigenvalue weighted by Crippen LogP contribution is 2.29. The highest BCUT2D eigenvalue weighted by atomic mass is 79.9. The number of methoxy groups -OCH3 is 1. The Balaban J connectivity index is 2.97. The van der Waals surface area contributed by atoms with E-state index in [1.165, 1.54) is 19.1 Å². The lowest BCUT2D eigenvalue weighted by atomic mass is 10.2. The van der Waals surface area contributed by atoms with Crippen molar-refractivity contribution in [2.45, 2.75) is 6.04 Å². The summed E-state index contributed by atoms with van der Waals surface area (Å²) in [4.78, 5) is 23.5. The molecule has 0 heterocycles. The molecule has 1 aromatic rings. The zero-order valence-corrected chi connectivity index (χ0v) is 11.5. The average molecular weight is 317 g/mol. The lowest BCUT2D eigenvalue weighted by Gasteiger charge is -2.20. The second kappa shape index (κ2) is 5.83. The van der Waals surface area contributed by atoms with Gasteiger partial charge in [0.25, 0.3) is 5.91 Å². The van der Waals surface area contributed by atoms with E-state index in [1.54, 1.807) is 18.2 Å². The van der Waals surface area contributed by atoms with Gasteiger partial charge in [-0.05, 0) is 34.1 Å². The van der Waals surface area contributed by atoms with Crippen molar-refractivity contribution in [2.24, 2.45) is 5.73 Å². The largest absolute Gasteiger partial charge is 0.496 e.